The van der Waals surface area contributed by atoms with E-state index in [1.165, 1.54) is 0 Å². The van der Waals surface area contributed by atoms with Gasteiger partial charge in [-0.2, -0.15) is 0 Å². The maximum Gasteiger partial charge on any atom is 0.155 e. The van der Waals surface area contributed by atoms with Crippen molar-refractivity contribution in [2.45, 2.75) is 38.8 Å². The van der Waals surface area contributed by atoms with Crippen molar-refractivity contribution in [1.29, 1.82) is 0 Å². The first-order valence-electron chi connectivity index (χ1n) is 3.63. The lowest BCUT2D eigenvalue weighted by molar-refractivity contribution is -0.209. The summed E-state index contributed by atoms with van der Waals surface area (Å²) in [5, 5.41) is 18.4. The number of aliphatic hydroxyl groups excluding tert-OH is 2. The van der Waals surface area contributed by atoms with Gasteiger partial charge in [-0.25, -0.2) is 0 Å². The highest BCUT2D eigenvalue weighted by atomic mass is 16.6. The van der Waals surface area contributed by atoms with Crippen molar-refractivity contribution in [2.24, 2.45) is 5.92 Å². The van der Waals surface area contributed by atoms with E-state index in [0.717, 1.165) is 0 Å². The van der Waals surface area contributed by atoms with Crippen molar-refractivity contribution in [3.8, 4) is 0 Å². The Hall–Kier alpha value is -0.120. The quantitative estimate of drug-likeness (QED) is 0.510. The van der Waals surface area contributed by atoms with Crippen LogP contribution < -0.4 is 0 Å². The molecule has 3 unspecified atom stereocenters. The van der Waals surface area contributed by atoms with Gasteiger partial charge in [-0.3, -0.25) is 0 Å². The molecule has 0 aromatic carbocycles. The molecular weight excluding hydrogens is 132 g/mol. The summed E-state index contributed by atoms with van der Waals surface area (Å²) in [6.07, 6.45) is -0.818. The Bertz CT molecular complexity index is 103. The summed E-state index contributed by atoms with van der Waals surface area (Å²) in [6, 6.07) is 0. The molecule has 0 aliphatic carbocycles. The predicted octanol–water partition coefficient (Wildman–Crippen LogP) is 0.111. The Labute approximate surface area is 60.6 Å². The minimum atomic E-state index is -0.687. The van der Waals surface area contributed by atoms with Gasteiger partial charge < -0.3 is 14.9 Å². The molecule has 0 radical (unpaired) electrons. The Morgan fingerprint density at radius 2 is 1.90 bits per heavy atom. The second kappa shape index (κ2) is 2.86. The van der Waals surface area contributed by atoms with Crippen molar-refractivity contribution >= 4 is 0 Å². The molecule has 1 aliphatic rings. The first kappa shape index (κ1) is 7.98. The predicted molar refractivity (Wildman–Crippen MR) is 36.3 cm³/mol. The molecule has 0 aromatic heterocycles. The van der Waals surface area contributed by atoms with Gasteiger partial charge in [0.15, 0.2) is 6.29 Å². The first-order valence-corrected chi connectivity index (χ1v) is 3.63. The van der Waals surface area contributed by atoms with Crippen molar-refractivity contribution in [3.05, 3.63) is 0 Å². The van der Waals surface area contributed by atoms with E-state index in [0.29, 0.717) is 6.42 Å². The molecule has 0 bridgehead atoms. The molecule has 1 fully saturated rings. The fourth-order valence-electron chi connectivity index (χ4n) is 1.30. The molecule has 60 valence electrons. The Morgan fingerprint density at radius 1 is 1.30 bits per heavy atom. The lowest BCUT2D eigenvalue weighted by Crippen LogP contribution is -2.42. The van der Waals surface area contributed by atoms with Crippen molar-refractivity contribution < 1.29 is 14.9 Å². The van der Waals surface area contributed by atoms with E-state index < -0.39 is 12.4 Å². The van der Waals surface area contributed by atoms with Crippen LogP contribution in [0.5, 0.6) is 0 Å². The van der Waals surface area contributed by atoms with Crippen LogP contribution in [0.3, 0.4) is 0 Å². The Morgan fingerprint density at radius 3 is 2.40 bits per heavy atom. The van der Waals surface area contributed by atoms with Gasteiger partial charge in [0.25, 0.3) is 0 Å². The van der Waals surface area contributed by atoms with Crippen LogP contribution in [0.2, 0.25) is 0 Å². The number of hydrogen-bond donors (Lipinski definition) is 2. The molecule has 0 saturated carbocycles. The van der Waals surface area contributed by atoms with Crippen LogP contribution >= 0.6 is 0 Å². The minimum absolute atomic E-state index is 0.138. The van der Waals surface area contributed by atoms with Crippen LogP contribution in [0.25, 0.3) is 0 Å². The van der Waals surface area contributed by atoms with Gasteiger partial charge in [0.2, 0.25) is 0 Å². The zero-order valence-corrected chi connectivity index (χ0v) is 6.32. The van der Waals surface area contributed by atoms with Gasteiger partial charge in [0.1, 0.15) is 0 Å². The topological polar surface area (TPSA) is 49.7 Å². The summed E-state index contributed by atoms with van der Waals surface area (Å²) >= 11 is 0. The molecule has 3 heteroatoms. The molecular formula is C7H14O3. The summed E-state index contributed by atoms with van der Waals surface area (Å²) < 4.78 is 4.97. The van der Waals surface area contributed by atoms with E-state index >= 15 is 0 Å². The van der Waals surface area contributed by atoms with E-state index in [9.17, 15) is 5.11 Å². The number of hydrogen-bond acceptors (Lipinski definition) is 3. The van der Waals surface area contributed by atoms with Gasteiger partial charge in [-0.1, -0.05) is 6.92 Å². The lowest BCUT2D eigenvalue weighted by atomic mass is 9.94. The maximum atomic E-state index is 9.33. The zero-order valence-electron chi connectivity index (χ0n) is 6.32. The summed E-state index contributed by atoms with van der Waals surface area (Å²) in [6.45, 7) is 3.68. The molecule has 1 rings (SSSR count). The number of ether oxygens (including phenoxy) is 1. The fraction of sp³-hybridized carbons (Fsp3) is 1.00. The highest BCUT2D eigenvalue weighted by molar-refractivity contribution is 4.76. The van der Waals surface area contributed by atoms with Crippen molar-refractivity contribution in [2.75, 3.05) is 0 Å². The summed E-state index contributed by atoms with van der Waals surface area (Å²) in [7, 11) is 0. The zero-order chi connectivity index (χ0) is 7.72. The molecule has 1 aliphatic heterocycles. The maximum absolute atomic E-state index is 9.33. The second-order valence-corrected chi connectivity index (χ2v) is 3.00. The van der Waals surface area contributed by atoms with Gasteiger partial charge >= 0.3 is 0 Å². The largest absolute Gasteiger partial charge is 0.390 e. The van der Waals surface area contributed by atoms with Crippen LogP contribution in [0, 0.1) is 5.92 Å². The number of aliphatic hydroxyl groups is 2. The molecule has 2 N–H and O–H groups in total. The smallest absolute Gasteiger partial charge is 0.155 e. The van der Waals surface area contributed by atoms with Crippen LogP contribution in [-0.2, 0) is 4.74 Å². The van der Waals surface area contributed by atoms with Crippen LogP contribution in [0.4, 0.5) is 0 Å². The average molecular weight is 146 g/mol. The highest BCUT2D eigenvalue weighted by Crippen LogP contribution is 2.23. The third kappa shape index (κ3) is 1.48. The fourth-order valence-corrected chi connectivity index (χ4v) is 1.30. The molecule has 0 amide bonds. The molecule has 0 aromatic rings. The van der Waals surface area contributed by atoms with Gasteiger partial charge in [0, 0.05) is 6.42 Å². The van der Waals surface area contributed by atoms with Crippen molar-refractivity contribution in [3.63, 3.8) is 0 Å². The summed E-state index contributed by atoms with van der Waals surface area (Å²) in [4.78, 5) is 0. The van der Waals surface area contributed by atoms with Crippen LogP contribution in [-0.4, -0.2) is 28.7 Å². The molecule has 10 heavy (non-hydrogen) atoms. The first-order chi connectivity index (χ1) is 4.61. The van der Waals surface area contributed by atoms with Crippen LogP contribution in [0.15, 0.2) is 0 Å². The molecule has 4 atom stereocenters. The summed E-state index contributed by atoms with van der Waals surface area (Å²) in [5.74, 6) is 0.138. The van der Waals surface area contributed by atoms with Gasteiger partial charge in [-0.05, 0) is 12.8 Å². The van der Waals surface area contributed by atoms with Gasteiger partial charge in [0.05, 0.1) is 12.2 Å². The molecule has 1 saturated heterocycles. The van der Waals surface area contributed by atoms with E-state index in [1.807, 2.05) is 6.92 Å². The normalized spacial score (nSPS) is 49.2. The molecule has 3 nitrogen and oxygen atoms in total. The third-order valence-corrected chi connectivity index (χ3v) is 2.01. The Kier molecular flexibility index (Phi) is 2.28. The summed E-state index contributed by atoms with van der Waals surface area (Å²) in [5.41, 5.74) is 0. The highest BCUT2D eigenvalue weighted by Gasteiger charge is 2.30. The number of rotatable bonds is 0. The van der Waals surface area contributed by atoms with E-state index in [-0.39, 0.29) is 12.0 Å². The van der Waals surface area contributed by atoms with E-state index in [1.54, 1.807) is 6.92 Å². The van der Waals surface area contributed by atoms with Crippen LogP contribution in [0.1, 0.15) is 20.3 Å². The van der Waals surface area contributed by atoms with E-state index in [4.69, 9.17) is 9.84 Å². The van der Waals surface area contributed by atoms with Gasteiger partial charge in [-0.15, -0.1) is 0 Å². The SMILES string of the molecule is CC1CC(O)OC(C)[C@H]1O. The minimum Gasteiger partial charge on any atom is -0.390 e. The standard InChI is InChI=1S/C7H14O3/c1-4-3-6(8)10-5(2)7(4)9/h4-9H,3H2,1-2H3/t4?,5?,6?,7-/m0/s1. The Balaban J connectivity index is 2.49. The lowest BCUT2D eigenvalue weighted by Gasteiger charge is -2.33. The molecule has 0 spiro atoms. The second-order valence-electron chi connectivity index (χ2n) is 3.00. The molecule has 1 heterocycles. The average Bonchev–Trinajstić information content (AvgIpc) is 1.82. The van der Waals surface area contributed by atoms with E-state index in [2.05, 4.69) is 0 Å². The third-order valence-electron chi connectivity index (χ3n) is 2.01. The van der Waals surface area contributed by atoms with Crippen molar-refractivity contribution in [1.82, 2.24) is 0 Å². The monoisotopic (exact) mass is 146 g/mol.